The first-order valence-electron chi connectivity index (χ1n) is 6.95. The van der Waals surface area contributed by atoms with Crippen molar-refractivity contribution in [3.05, 3.63) is 64.8 Å². The van der Waals surface area contributed by atoms with Crippen LogP contribution in [0.1, 0.15) is 6.92 Å². The van der Waals surface area contributed by atoms with Crippen molar-refractivity contribution < 1.29 is 9.21 Å². The molecule has 0 atom stereocenters. The number of hydrogen-bond acceptors (Lipinski definition) is 3. The van der Waals surface area contributed by atoms with Gasteiger partial charge in [-0.3, -0.25) is 14.5 Å². The molecular formula is C18H15NO3. The van der Waals surface area contributed by atoms with E-state index >= 15 is 0 Å². The molecule has 0 bridgehead atoms. The van der Waals surface area contributed by atoms with Gasteiger partial charge in [0.2, 0.25) is 17.2 Å². The van der Waals surface area contributed by atoms with E-state index in [-0.39, 0.29) is 17.2 Å². The molecule has 0 unspecified atom stereocenters. The summed E-state index contributed by atoms with van der Waals surface area (Å²) in [7, 11) is 1.60. The number of carbonyl (C=O) groups excluding carboxylic acids is 1. The van der Waals surface area contributed by atoms with Gasteiger partial charge in [-0.15, -0.1) is 0 Å². The SMILES string of the molecule is CC(=O)N(C)c1oc2ccccc2c(=O)c1-c1ccccc1. The molecule has 0 aliphatic heterocycles. The molecule has 0 saturated heterocycles. The van der Waals surface area contributed by atoms with Crippen LogP contribution in [0.2, 0.25) is 0 Å². The van der Waals surface area contributed by atoms with Crippen molar-refractivity contribution in [1.82, 2.24) is 0 Å². The predicted molar refractivity (Wildman–Crippen MR) is 87.0 cm³/mol. The Hall–Kier alpha value is -2.88. The Kier molecular flexibility index (Phi) is 3.51. The molecule has 3 rings (SSSR count). The number of fused-ring (bicyclic) bond motifs is 1. The van der Waals surface area contributed by atoms with Gasteiger partial charge in [0.25, 0.3) is 0 Å². The fourth-order valence-corrected chi connectivity index (χ4v) is 2.37. The van der Waals surface area contributed by atoms with E-state index in [9.17, 15) is 9.59 Å². The maximum Gasteiger partial charge on any atom is 0.225 e. The summed E-state index contributed by atoms with van der Waals surface area (Å²) in [5.41, 5.74) is 1.45. The van der Waals surface area contributed by atoms with Crippen LogP contribution in [0.4, 0.5) is 5.88 Å². The summed E-state index contributed by atoms with van der Waals surface area (Å²) in [5, 5.41) is 0.502. The Labute approximate surface area is 127 Å². The summed E-state index contributed by atoms with van der Waals surface area (Å²) in [6, 6.07) is 16.3. The van der Waals surface area contributed by atoms with Crippen molar-refractivity contribution in [3.63, 3.8) is 0 Å². The van der Waals surface area contributed by atoms with Crippen LogP contribution in [0.5, 0.6) is 0 Å². The number of para-hydroxylation sites is 1. The number of benzene rings is 2. The smallest absolute Gasteiger partial charge is 0.225 e. The van der Waals surface area contributed by atoms with Crippen LogP contribution < -0.4 is 10.3 Å². The molecule has 0 aliphatic rings. The van der Waals surface area contributed by atoms with Crippen molar-refractivity contribution >= 4 is 22.8 Å². The second-order valence-corrected chi connectivity index (χ2v) is 5.05. The lowest BCUT2D eigenvalue weighted by Crippen LogP contribution is -2.25. The van der Waals surface area contributed by atoms with Crippen molar-refractivity contribution in [2.75, 3.05) is 11.9 Å². The van der Waals surface area contributed by atoms with Gasteiger partial charge in [-0.1, -0.05) is 42.5 Å². The lowest BCUT2D eigenvalue weighted by Gasteiger charge is -2.17. The summed E-state index contributed by atoms with van der Waals surface area (Å²) in [5.74, 6) is 0.0676. The van der Waals surface area contributed by atoms with Crippen molar-refractivity contribution in [2.45, 2.75) is 6.92 Å². The molecule has 1 heterocycles. The van der Waals surface area contributed by atoms with E-state index in [0.29, 0.717) is 16.5 Å². The Balaban J connectivity index is 2.41. The van der Waals surface area contributed by atoms with Gasteiger partial charge < -0.3 is 4.42 Å². The third-order valence-corrected chi connectivity index (χ3v) is 3.62. The fraction of sp³-hybridized carbons (Fsp3) is 0.111. The molecule has 2 aromatic carbocycles. The Morgan fingerprint density at radius 2 is 1.64 bits per heavy atom. The third-order valence-electron chi connectivity index (χ3n) is 3.62. The highest BCUT2D eigenvalue weighted by atomic mass is 16.4. The number of nitrogens with zero attached hydrogens (tertiary/aromatic N) is 1. The molecule has 4 nitrogen and oxygen atoms in total. The molecule has 0 N–H and O–H groups in total. The Morgan fingerprint density at radius 3 is 2.32 bits per heavy atom. The van der Waals surface area contributed by atoms with Crippen LogP contribution in [-0.4, -0.2) is 13.0 Å². The highest BCUT2D eigenvalue weighted by Gasteiger charge is 2.20. The molecule has 3 aromatic rings. The molecule has 0 fully saturated rings. The first kappa shape index (κ1) is 14.1. The summed E-state index contributed by atoms with van der Waals surface area (Å²) < 4.78 is 5.86. The summed E-state index contributed by atoms with van der Waals surface area (Å²) in [4.78, 5) is 26.0. The minimum Gasteiger partial charge on any atom is -0.439 e. The number of anilines is 1. The minimum absolute atomic E-state index is 0.142. The van der Waals surface area contributed by atoms with E-state index < -0.39 is 0 Å². The predicted octanol–water partition coefficient (Wildman–Crippen LogP) is 3.44. The van der Waals surface area contributed by atoms with Crippen molar-refractivity contribution in [2.24, 2.45) is 0 Å². The van der Waals surface area contributed by atoms with Crippen LogP contribution >= 0.6 is 0 Å². The lowest BCUT2D eigenvalue weighted by atomic mass is 10.0. The lowest BCUT2D eigenvalue weighted by molar-refractivity contribution is -0.116. The molecule has 1 amide bonds. The summed E-state index contributed by atoms with van der Waals surface area (Å²) in [6.07, 6.45) is 0. The normalized spacial score (nSPS) is 10.6. The number of rotatable bonds is 2. The average molecular weight is 293 g/mol. The second kappa shape index (κ2) is 5.48. The van der Waals surface area contributed by atoms with Gasteiger partial charge in [0.1, 0.15) is 5.58 Å². The minimum atomic E-state index is -0.199. The summed E-state index contributed by atoms with van der Waals surface area (Å²) in [6.45, 7) is 1.43. The van der Waals surface area contributed by atoms with Gasteiger partial charge in [0.05, 0.1) is 10.9 Å². The number of amides is 1. The zero-order chi connectivity index (χ0) is 15.7. The van der Waals surface area contributed by atoms with Crippen molar-refractivity contribution in [1.29, 1.82) is 0 Å². The van der Waals surface area contributed by atoms with Crippen LogP contribution in [0, 0.1) is 0 Å². The zero-order valence-electron chi connectivity index (χ0n) is 12.4. The molecule has 0 spiro atoms. The highest BCUT2D eigenvalue weighted by molar-refractivity contribution is 5.96. The van der Waals surface area contributed by atoms with Crippen LogP contribution in [0.25, 0.3) is 22.1 Å². The van der Waals surface area contributed by atoms with Crippen LogP contribution in [-0.2, 0) is 4.79 Å². The van der Waals surface area contributed by atoms with Gasteiger partial charge in [-0.05, 0) is 17.7 Å². The molecule has 0 aliphatic carbocycles. The third kappa shape index (κ3) is 2.29. The molecule has 22 heavy (non-hydrogen) atoms. The Bertz CT molecular complexity index is 897. The topological polar surface area (TPSA) is 50.5 Å². The Morgan fingerprint density at radius 1 is 1.00 bits per heavy atom. The van der Waals surface area contributed by atoms with Gasteiger partial charge in [0, 0.05) is 14.0 Å². The van der Waals surface area contributed by atoms with Crippen LogP contribution in [0.15, 0.2) is 63.8 Å². The molecular weight excluding hydrogens is 278 g/mol. The van der Waals surface area contributed by atoms with E-state index in [2.05, 4.69) is 0 Å². The molecule has 1 aromatic heterocycles. The molecule has 0 saturated carbocycles. The second-order valence-electron chi connectivity index (χ2n) is 5.05. The first-order chi connectivity index (χ1) is 10.6. The van der Waals surface area contributed by atoms with E-state index in [1.54, 1.807) is 31.3 Å². The maximum absolute atomic E-state index is 12.9. The summed E-state index contributed by atoms with van der Waals surface area (Å²) >= 11 is 0. The zero-order valence-corrected chi connectivity index (χ0v) is 12.4. The fourth-order valence-electron chi connectivity index (χ4n) is 2.37. The van der Waals surface area contributed by atoms with E-state index in [4.69, 9.17) is 4.42 Å². The van der Waals surface area contributed by atoms with Gasteiger partial charge in [-0.25, -0.2) is 0 Å². The largest absolute Gasteiger partial charge is 0.439 e. The standard InChI is InChI=1S/C18H15NO3/c1-12(20)19(2)18-16(13-8-4-3-5-9-13)17(21)14-10-6-7-11-15(14)22-18/h3-11H,1-2H3. The number of hydrogen-bond donors (Lipinski definition) is 0. The quantitative estimate of drug-likeness (QED) is 0.727. The van der Waals surface area contributed by atoms with Gasteiger partial charge in [-0.2, -0.15) is 0 Å². The molecule has 0 radical (unpaired) electrons. The van der Waals surface area contributed by atoms with Gasteiger partial charge in [0.15, 0.2) is 0 Å². The van der Waals surface area contributed by atoms with Crippen molar-refractivity contribution in [3.8, 4) is 11.1 Å². The average Bonchev–Trinajstić information content (AvgIpc) is 2.54. The van der Waals surface area contributed by atoms with E-state index in [1.807, 2.05) is 30.3 Å². The molecule has 110 valence electrons. The maximum atomic E-state index is 12.9. The van der Waals surface area contributed by atoms with E-state index in [0.717, 1.165) is 5.56 Å². The van der Waals surface area contributed by atoms with Crippen LogP contribution in [0.3, 0.4) is 0 Å². The van der Waals surface area contributed by atoms with Gasteiger partial charge >= 0.3 is 0 Å². The number of carbonyl (C=O) groups is 1. The highest BCUT2D eigenvalue weighted by Crippen LogP contribution is 2.30. The first-order valence-corrected chi connectivity index (χ1v) is 6.95. The van der Waals surface area contributed by atoms with E-state index in [1.165, 1.54) is 11.8 Å². The monoisotopic (exact) mass is 293 g/mol. The molecule has 4 heteroatoms.